The summed E-state index contributed by atoms with van der Waals surface area (Å²) in [5.41, 5.74) is -0.500. The average Bonchev–Trinajstić information content (AvgIpc) is 2.29. The fourth-order valence-corrected chi connectivity index (χ4v) is 1.39. The van der Waals surface area contributed by atoms with Crippen molar-refractivity contribution in [3.8, 4) is 0 Å². The van der Waals surface area contributed by atoms with E-state index < -0.39 is 11.6 Å². The van der Waals surface area contributed by atoms with Crippen LogP contribution in [-0.2, 0) is 4.74 Å². The van der Waals surface area contributed by atoms with E-state index in [1.54, 1.807) is 31.2 Å². The quantitative estimate of drug-likeness (QED) is 0.734. The minimum atomic E-state index is -0.994. The van der Waals surface area contributed by atoms with E-state index >= 15 is 0 Å². The first-order valence-electron chi connectivity index (χ1n) is 5.60. The fourth-order valence-electron chi connectivity index (χ4n) is 1.39. The molecule has 1 aromatic carbocycles. The molecule has 0 heterocycles. The van der Waals surface area contributed by atoms with Gasteiger partial charge in [0, 0.05) is 13.0 Å². The molecule has 1 unspecified atom stereocenters. The van der Waals surface area contributed by atoms with Gasteiger partial charge in [-0.1, -0.05) is 18.2 Å². The van der Waals surface area contributed by atoms with Gasteiger partial charge in [0.05, 0.1) is 17.8 Å². The van der Waals surface area contributed by atoms with E-state index in [2.05, 4.69) is 0 Å². The Kier molecular flexibility index (Phi) is 5.12. The molecule has 1 rings (SSSR count). The molecule has 0 aliphatic heterocycles. The first-order chi connectivity index (χ1) is 8.05. The highest BCUT2D eigenvalue weighted by Crippen LogP contribution is 2.14. The zero-order valence-corrected chi connectivity index (χ0v) is 9.93. The van der Waals surface area contributed by atoms with E-state index in [9.17, 15) is 9.90 Å². The number of aliphatic hydroxyl groups is 2. The van der Waals surface area contributed by atoms with E-state index in [1.807, 2.05) is 6.07 Å². The van der Waals surface area contributed by atoms with Crippen LogP contribution in [0.25, 0.3) is 0 Å². The van der Waals surface area contributed by atoms with Gasteiger partial charge in [0.15, 0.2) is 0 Å². The van der Waals surface area contributed by atoms with Crippen LogP contribution in [0.3, 0.4) is 0 Å². The second-order valence-corrected chi connectivity index (χ2v) is 4.22. The van der Waals surface area contributed by atoms with E-state index in [0.29, 0.717) is 12.0 Å². The van der Waals surface area contributed by atoms with Gasteiger partial charge in [-0.3, -0.25) is 0 Å². The molecule has 17 heavy (non-hydrogen) atoms. The molecular formula is C13H18O4. The maximum absolute atomic E-state index is 11.5. The van der Waals surface area contributed by atoms with E-state index in [0.717, 1.165) is 0 Å². The van der Waals surface area contributed by atoms with Crippen molar-refractivity contribution in [3.63, 3.8) is 0 Å². The molecule has 0 saturated heterocycles. The number of esters is 1. The summed E-state index contributed by atoms with van der Waals surface area (Å²) in [6.07, 6.45) is 0.585. The van der Waals surface area contributed by atoms with Gasteiger partial charge in [0.1, 0.15) is 0 Å². The minimum Gasteiger partial charge on any atom is -0.462 e. The first kappa shape index (κ1) is 13.7. The van der Waals surface area contributed by atoms with Gasteiger partial charge < -0.3 is 14.9 Å². The van der Waals surface area contributed by atoms with Crippen molar-refractivity contribution < 1.29 is 19.7 Å². The largest absolute Gasteiger partial charge is 0.462 e. The Morgan fingerprint density at radius 2 is 1.94 bits per heavy atom. The Morgan fingerprint density at radius 1 is 1.29 bits per heavy atom. The molecule has 0 bridgehead atoms. The predicted octanol–water partition coefficient (Wildman–Crippen LogP) is 1.37. The molecule has 0 radical (unpaired) electrons. The highest BCUT2D eigenvalue weighted by Gasteiger charge is 2.20. The van der Waals surface area contributed by atoms with Crippen molar-refractivity contribution in [2.75, 3.05) is 13.2 Å². The van der Waals surface area contributed by atoms with Gasteiger partial charge in [0.25, 0.3) is 0 Å². The molecule has 94 valence electrons. The molecule has 0 aliphatic carbocycles. The lowest BCUT2D eigenvalue weighted by molar-refractivity contribution is 0.000920. The van der Waals surface area contributed by atoms with Crippen LogP contribution in [0.1, 0.15) is 30.1 Å². The number of carbonyl (C=O) groups is 1. The molecular weight excluding hydrogens is 220 g/mol. The minimum absolute atomic E-state index is 0.0837. The smallest absolute Gasteiger partial charge is 0.338 e. The number of benzene rings is 1. The van der Waals surface area contributed by atoms with Crippen molar-refractivity contribution in [1.82, 2.24) is 0 Å². The van der Waals surface area contributed by atoms with E-state index in [-0.39, 0.29) is 19.6 Å². The average molecular weight is 238 g/mol. The molecule has 0 amide bonds. The topological polar surface area (TPSA) is 66.8 Å². The van der Waals surface area contributed by atoms with Gasteiger partial charge in [-0.25, -0.2) is 4.79 Å². The molecule has 0 spiro atoms. The van der Waals surface area contributed by atoms with Gasteiger partial charge in [-0.05, 0) is 25.5 Å². The Labute approximate surface area is 101 Å². The van der Waals surface area contributed by atoms with Crippen molar-refractivity contribution in [1.29, 1.82) is 0 Å². The summed E-state index contributed by atoms with van der Waals surface area (Å²) in [6.45, 7) is 1.67. The van der Waals surface area contributed by atoms with Gasteiger partial charge in [-0.2, -0.15) is 0 Å². The van der Waals surface area contributed by atoms with Gasteiger partial charge >= 0.3 is 5.97 Å². The molecule has 0 saturated carbocycles. The van der Waals surface area contributed by atoms with Gasteiger partial charge in [-0.15, -0.1) is 0 Å². The number of aliphatic hydroxyl groups excluding tert-OH is 1. The summed E-state index contributed by atoms with van der Waals surface area (Å²) >= 11 is 0. The number of rotatable bonds is 6. The molecule has 0 fully saturated rings. The van der Waals surface area contributed by atoms with Crippen LogP contribution in [0.15, 0.2) is 30.3 Å². The third kappa shape index (κ3) is 4.97. The molecule has 0 aliphatic rings. The van der Waals surface area contributed by atoms with Crippen LogP contribution in [-0.4, -0.2) is 35.0 Å². The third-order valence-electron chi connectivity index (χ3n) is 2.53. The lowest BCUT2D eigenvalue weighted by Crippen LogP contribution is -2.28. The molecule has 4 nitrogen and oxygen atoms in total. The summed E-state index contributed by atoms with van der Waals surface area (Å²) < 4.78 is 5.03. The van der Waals surface area contributed by atoms with Crippen molar-refractivity contribution in [2.24, 2.45) is 0 Å². The van der Waals surface area contributed by atoms with Crippen LogP contribution in [0.5, 0.6) is 0 Å². The van der Waals surface area contributed by atoms with Crippen LogP contribution in [0.2, 0.25) is 0 Å². The monoisotopic (exact) mass is 238 g/mol. The number of hydrogen-bond donors (Lipinski definition) is 2. The summed E-state index contributed by atoms with van der Waals surface area (Å²) in [4.78, 5) is 11.5. The zero-order valence-electron chi connectivity index (χ0n) is 9.93. The van der Waals surface area contributed by atoms with E-state index in [4.69, 9.17) is 9.84 Å². The summed E-state index contributed by atoms with van der Waals surface area (Å²) in [5.74, 6) is -0.398. The fraction of sp³-hybridized carbons (Fsp3) is 0.462. The molecule has 1 aromatic rings. The van der Waals surface area contributed by atoms with Crippen LogP contribution in [0.4, 0.5) is 0 Å². The Bertz CT molecular complexity index is 346. The van der Waals surface area contributed by atoms with Gasteiger partial charge in [0.2, 0.25) is 0 Å². The first-order valence-corrected chi connectivity index (χ1v) is 5.60. The third-order valence-corrected chi connectivity index (χ3v) is 2.53. The normalized spacial score (nSPS) is 14.1. The van der Waals surface area contributed by atoms with Crippen molar-refractivity contribution >= 4 is 5.97 Å². The zero-order chi connectivity index (χ0) is 12.7. The summed E-state index contributed by atoms with van der Waals surface area (Å²) in [6, 6.07) is 8.70. The Balaban J connectivity index is 2.35. The maximum atomic E-state index is 11.5. The predicted molar refractivity (Wildman–Crippen MR) is 63.7 cm³/mol. The number of carbonyl (C=O) groups excluding carboxylic acids is 1. The second kappa shape index (κ2) is 6.37. The highest BCUT2D eigenvalue weighted by molar-refractivity contribution is 5.89. The second-order valence-electron chi connectivity index (χ2n) is 4.22. The maximum Gasteiger partial charge on any atom is 0.338 e. The molecule has 1 atom stereocenters. The standard InChI is InChI=1S/C13H18O4/c1-13(16,7-9-14)8-10-17-12(15)11-5-3-2-4-6-11/h2-6,14,16H,7-10H2,1H3. The summed E-state index contributed by atoms with van der Waals surface area (Å²) in [5, 5.41) is 18.5. The Hall–Kier alpha value is -1.39. The van der Waals surface area contributed by atoms with Crippen molar-refractivity contribution in [2.45, 2.75) is 25.4 Å². The molecule has 4 heteroatoms. The van der Waals surface area contributed by atoms with E-state index in [1.165, 1.54) is 0 Å². The summed E-state index contributed by atoms with van der Waals surface area (Å²) in [7, 11) is 0. The van der Waals surface area contributed by atoms with Crippen LogP contribution >= 0.6 is 0 Å². The lowest BCUT2D eigenvalue weighted by Gasteiger charge is -2.21. The number of ether oxygens (including phenoxy) is 1. The molecule has 0 aromatic heterocycles. The molecule has 2 N–H and O–H groups in total. The SMILES string of the molecule is CC(O)(CCO)CCOC(=O)c1ccccc1. The lowest BCUT2D eigenvalue weighted by atomic mass is 9.99. The van der Waals surface area contributed by atoms with Crippen LogP contribution in [0, 0.1) is 0 Å². The Morgan fingerprint density at radius 3 is 2.53 bits per heavy atom. The number of hydrogen-bond acceptors (Lipinski definition) is 4. The van der Waals surface area contributed by atoms with Crippen LogP contribution < -0.4 is 0 Å². The highest BCUT2D eigenvalue weighted by atomic mass is 16.5. The van der Waals surface area contributed by atoms with Crippen molar-refractivity contribution in [3.05, 3.63) is 35.9 Å².